The minimum Gasteiger partial charge on any atom is -0.343 e. The van der Waals surface area contributed by atoms with Crippen molar-refractivity contribution >= 4 is 34.4 Å². The summed E-state index contributed by atoms with van der Waals surface area (Å²) in [5, 5.41) is 0.180. The van der Waals surface area contributed by atoms with Crippen molar-refractivity contribution in [3.63, 3.8) is 0 Å². The van der Waals surface area contributed by atoms with Crippen molar-refractivity contribution < 1.29 is 13.2 Å². The predicted octanol–water partition coefficient (Wildman–Crippen LogP) is 3.99. The third-order valence-electron chi connectivity index (χ3n) is 2.16. The van der Waals surface area contributed by atoms with Crippen LogP contribution in [-0.2, 0) is 6.18 Å². The lowest BCUT2D eigenvalue weighted by Crippen LogP contribution is -2.14. The van der Waals surface area contributed by atoms with Gasteiger partial charge in [-0.2, -0.15) is 13.2 Å². The van der Waals surface area contributed by atoms with Gasteiger partial charge in [0.15, 0.2) is 16.7 Å². The molecule has 0 fully saturated rings. The summed E-state index contributed by atoms with van der Waals surface area (Å²) in [7, 11) is 0. The Balaban J connectivity index is 2.61. The summed E-state index contributed by atoms with van der Waals surface area (Å²) in [4.78, 5) is 14.5. The van der Waals surface area contributed by atoms with E-state index in [0.29, 0.717) is 5.82 Å². The molecule has 20 heavy (non-hydrogen) atoms. The van der Waals surface area contributed by atoms with E-state index in [4.69, 9.17) is 0 Å². The standard InChI is InChI=1S/C11H10F3IN4S/c1-5(2)20-10-18-7(9-16-3-4-17-9)6(15)8(19-10)11(12,13)14/h3-5H,1-2H3,(H,16,17). The van der Waals surface area contributed by atoms with Gasteiger partial charge in [-0.1, -0.05) is 25.6 Å². The number of rotatable bonds is 3. The average molecular weight is 414 g/mol. The highest BCUT2D eigenvalue weighted by Gasteiger charge is 2.37. The van der Waals surface area contributed by atoms with Crippen LogP contribution in [-0.4, -0.2) is 25.2 Å². The highest BCUT2D eigenvalue weighted by atomic mass is 127. The number of hydrogen-bond donors (Lipinski definition) is 1. The summed E-state index contributed by atoms with van der Waals surface area (Å²) in [5.41, 5.74) is -0.760. The number of alkyl halides is 3. The summed E-state index contributed by atoms with van der Waals surface area (Å²) in [6, 6.07) is 0. The van der Waals surface area contributed by atoms with E-state index in [-0.39, 0.29) is 19.7 Å². The maximum Gasteiger partial charge on any atom is 0.434 e. The zero-order valence-corrected chi connectivity index (χ0v) is 13.5. The van der Waals surface area contributed by atoms with Gasteiger partial charge in [0.05, 0.1) is 3.57 Å². The Morgan fingerprint density at radius 2 is 2.00 bits per heavy atom. The fraction of sp³-hybridized carbons (Fsp3) is 0.364. The van der Waals surface area contributed by atoms with Gasteiger partial charge < -0.3 is 4.98 Å². The van der Waals surface area contributed by atoms with Gasteiger partial charge in [-0.3, -0.25) is 0 Å². The molecule has 0 aliphatic heterocycles. The molecule has 0 amide bonds. The smallest absolute Gasteiger partial charge is 0.343 e. The lowest BCUT2D eigenvalue weighted by Gasteiger charge is -2.13. The summed E-state index contributed by atoms with van der Waals surface area (Å²) in [6.07, 6.45) is -1.51. The molecule has 4 nitrogen and oxygen atoms in total. The van der Waals surface area contributed by atoms with Crippen LogP contribution in [0.15, 0.2) is 17.6 Å². The fourth-order valence-corrected chi connectivity index (χ4v) is 2.94. The Labute approximate surface area is 131 Å². The minimum atomic E-state index is -4.52. The minimum absolute atomic E-state index is 0.0573. The van der Waals surface area contributed by atoms with E-state index in [1.165, 1.54) is 24.2 Å². The summed E-state index contributed by atoms with van der Waals surface area (Å²) in [6.45, 7) is 3.73. The first-order valence-electron chi connectivity index (χ1n) is 5.60. The second-order valence-corrected chi connectivity index (χ2v) is 6.74. The van der Waals surface area contributed by atoms with Gasteiger partial charge >= 0.3 is 6.18 Å². The number of nitrogens with one attached hydrogen (secondary N) is 1. The number of imidazole rings is 1. The van der Waals surface area contributed by atoms with Crippen LogP contribution in [0.25, 0.3) is 11.5 Å². The molecule has 0 radical (unpaired) electrons. The van der Waals surface area contributed by atoms with E-state index < -0.39 is 11.9 Å². The molecule has 0 saturated heterocycles. The van der Waals surface area contributed by atoms with Crippen molar-refractivity contribution in [2.75, 3.05) is 0 Å². The van der Waals surface area contributed by atoms with Crippen LogP contribution in [0.4, 0.5) is 13.2 Å². The molecule has 0 unspecified atom stereocenters. The van der Waals surface area contributed by atoms with Gasteiger partial charge in [0.2, 0.25) is 0 Å². The Morgan fingerprint density at radius 1 is 1.30 bits per heavy atom. The van der Waals surface area contributed by atoms with Gasteiger partial charge in [0.25, 0.3) is 0 Å². The van der Waals surface area contributed by atoms with Crippen molar-refractivity contribution in [3.05, 3.63) is 21.7 Å². The molecule has 2 aromatic heterocycles. The van der Waals surface area contributed by atoms with E-state index in [1.807, 2.05) is 13.8 Å². The monoisotopic (exact) mass is 414 g/mol. The fourth-order valence-electron chi connectivity index (χ4n) is 1.43. The first-order valence-corrected chi connectivity index (χ1v) is 7.56. The van der Waals surface area contributed by atoms with Crippen molar-refractivity contribution in [1.82, 2.24) is 19.9 Å². The van der Waals surface area contributed by atoms with Crippen molar-refractivity contribution in [2.24, 2.45) is 0 Å². The van der Waals surface area contributed by atoms with Gasteiger partial charge in [-0.25, -0.2) is 15.0 Å². The van der Waals surface area contributed by atoms with Crippen LogP contribution < -0.4 is 0 Å². The van der Waals surface area contributed by atoms with E-state index in [9.17, 15) is 13.2 Å². The SMILES string of the molecule is CC(C)Sc1nc(-c2ncc[nH]2)c(I)c(C(F)(F)F)n1. The highest BCUT2D eigenvalue weighted by Crippen LogP contribution is 2.36. The lowest BCUT2D eigenvalue weighted by molar-refractivity contribution is -0.142. The largest absolute Gasteiger partial charge is 0.434 e. The predicted molar refractivity (Wildman–Crippen MR) is 78.3 cm³/mol. The molecule has 2 aromatic rings. The second kappa shape index (κ2) is 5.88. The molecule has 108 valence electrons. The van der Waals surface area contributed by atoms with E-state index in [2.05, 4.69) is 19.9 Å². The Bertz CT molecular complexity index is 598. The molecule has 0 aliphatic rings. The number of aromatic nitrogens is 4. The zero-order chi connectivity index (χ0) is 14.9. The average Bonchev–Trinajstić information content (AvgIpc) is 2.82. The van der Waals surface area contributed by atoms with Crippen LogP contribution in [0.2, 0.25) is 0 Å². The number of nitrogens with zero attached hydrogens (tertiary/aromatic N) is 3. The van der Waals surface area contributed by atoms with Gasteiger partial charge in [-0.05, 0) is 22.6 Å². The lowest BCUT2D eigenvalue weighted by atomic mass is 10.3. The summed E-state index contributed by atoms with van der Waals surface area (Å²) >= 11 is 2.78. The first-order chi connectivity index (χ1) is 9.29. The Kier molecular flexibility index (Phi) is 4.57. The maximum atomic E-state index is 13.1. The van der Waals surface area contributed by atoms with Crippen molar-refractivity contribution in [2.45, 2.75) is 30.4 Å². The molecule has 0 atom stereocenters. The highest BCUT2D eigenvalue weighted by molar-refractivity contribution is 14.1. The first kappa shape index (κ1) is 15.5. The molecular formula is C11H10F3IN4S. The number of halogens is 4. The zero-order valence-electron chi connectivity index (χ0n) is 10.5. The van der Waals surface area contributed by atoms with E-state index in [0.717, 1.165) is 0 Å². The molecule has 0 spiro atoms. The topological polar surface area (TPSA) is 54.5 Å². The van der Waals surface area contributed by atoms with E-state index in [1.54, 1.807) is 22.6 Å². The van der Waals surface area contributed by atoms with E-state index >= 15 is 0 Å². The second-order valence-electron chi connectivity index (χ2n) is 4.12. The van der Waals surface area contributed by atoms with Crippen LogP contribution in [0, 0.1) is 3.57 Å². The van der Waals surface area contributed by atoms with Gasteiger partial charge in [0, 0.05) is 17.6 Å². The van der Waals surface area contributed by atoms with Crippen molar-refractivity contribution in [3.8, 4) is 11.5 Å². The molecule has 1 N–H and O–H groups in total. The Hall–Kier alpha value is -0.840. The molecular weight excluding hydrogens is 404 g/mol. The summed E-state index contributed by atoms with van der Waals surface area (Å²) < 4.78 is 39.1. The number of H-pyrrole nitrogens is 1. The molecule has 2 heterocycles. The van der Waals surface area contributed by atoms with Crippen LogP contribution in [0.5, 0.6) is 0 Å². The van der Waals surface area contributed by atoms with Crippen LogP contribution in [0.3, 0.4) is 0 Å². The third-order valence-corrected chi connectivity index (χ3v) is 4.05. The van der Waals surface area contributed by atoms with Crippen LogP contribution >= 0.6 is 34.4 Å². The van der Waals surface area contributed by atoms with Crippen LogP contribution in [0.1, 0.15) is 19.5 Å². The summed E-state index contributed by atoms with van der Waals surface area (Å²) in [5.74, 6) is 0.299. The quantitative estimate of drug-likeness (QED) is 0.469. The molecule has 0 bridgehead atoms. The molecule has 0 aliphatic carbocycles. The molecule has 0 aromatic carbocycles. The number of hydrogen-bond acceptors (Lipinski definition) is 4. The maximum absolute atomic E-state index is 13.1. The third kappa shape index (κ3) is 3.43. The molecule has 0 saturated carbocycles. The normalized spacial score (nSPS) is 12.2. The van der Waals surface area contributed by atoms with Crippen molar-refractivity contribution in [1.29, 1.82) is 0 Å². The number of thioether (sulfide) groups is 1. The van der Waals surface area contributed by atoms with Gasteiger partial charge in [0.1, 0.15) is 5.69 Å². The molecule has 9 heteroatoms. The Morgan fingerprint density at radius 3 is 2.50 bits per heavy atom. The molecule has 2 rings (SSSR count). The number of aromatic amines is 1. The van der Waals surface area contributed by atoms with Gasteiger partial charge in [-0.15, -0.1) is 0 Å².